The summed E-state index contributed by atoms with van der Waals surface area (Å²) in [6, 6.07) is 5.58. The highest BCUT2D eigenvalue weighted by Gasteiger charge is 2.15. The molecule has 1 fully saturated rings. The third-order valence-electron chi connectivity index (χ3n) is 3.57. The standard InChI is InChI=1S/C14H20ClNO/c1-11-4-3-8-16(9-7-11)10-12-5-2-6-13(15)14(12)17/h2,5-6,11,17H,3-4,7-10H2,1H3. The Morgan fingerprint density at radius 1 is 1.35 bits per heavy atom. The van der Waals surface area contributed by atoms with E-state index in [1.807, 2.05) is 12.1 Å². The highest BCUT2D eigenvalue weighted by Crippen LogP contribution is 2.28. The molecule has 0 amide bonds. The molecule has 2 nitrogen and oxygen atoms in total. The molecule has 1 aliphatic heterocycles. The van der Waals surface area contributed by atoms with Crippen LogP contribution in [0, 0.1) is 5.92 Å². The zero-order valence-corrected chi connectivity index (χ0v) is 11.1. The van der Waals surface area contributed by atoms with Crippen molar-refractivity contribution in [3.8, 4) is 5.75 Å². The Kier molecular flexibility index (Phi) is 4.30. The fraction of sp³-hybridized carbons (Fsp3) is 0.571. The van der Waals surface area contributed by atoms with Crippen molar-refractivity contribution in [3.63, 3.8) is 0 Å². The average Bonchev–Trinajstić information content (AvgIpc) is 2.50. The number of phenols is 1. The molecule has 0 aliphatic carbocycles. The molecule has 1 unspecified atom stereocenters. The van der Waals surface area contributed by atoms with E-state index in [9.17, 15) is 5.11 Å². The third-order valence-corrected chi connectivity index (χ3v) is 3.88. The predicted molar refractivity (Wildman–Crippen MR) is 71.4 cm³/mol. The summed E-state index contributed by atoms with van der Waals surface area (Å²) in [5.74, 6) is 1.07. The van der Waals surface area contributed by atoms with Crippen LogP contribution in [-0.4, -0.2) is 23.1 Å². The maximum atomic E-state index is 9.89. The first-order valence-corrected chi connectivity index (χ1v) is 6.73. The minimum absolute atomic E-state index is 0.242. The van der Waals surface area contributed by atoms with Crippen molar-refractivity contribution in [1.82, 2.24) is 4.90 Å². The topological polar surface area (TPSA) is 23.5 Å². The summed E-state index contributed by atoms with van der Waals surface area (Å²) >= 11 is 5.92. The highest BCUT2D eigenvalue weighted by molar-refractivity contribution is 6.32. The molecule has 1 aromatic rings. The second-order valence-corrected chi connectivity index (χ2v) is 5.47. The van der Waals surface area contributed by atoms with Crippen LogP contribution in [0.1, 0.15) is 31.7 Å². The van der Waals surface area contributed by atoms with Crippen LogP contribution in [0.2, 0.25) is 5.02 Å². The zero-order valence-electron chi connectivity index (χ0n) is 10.3. The first-order valence-electron chi connectivity index (χ1n) is 6.35. The first-order chi connectivity index (χ1) is 8.16. The SMILES string of the molecule is CC1CCCN(Cc2cccc(Cl)c2O)CC1. The Labute approximate surface area is 108 Å². The van der Waals surface area contributed by atoms with Crippen LogP contribution >= 0.6 is 11.6 Å². The maximum absolute atomic E-state index is 9.89. The number of nitrogens with zero attached hydrogens (tertiary/aromatic N) is 1. The summed E-state index contributed by atoms with van der Waals surface area (Å²) in [7, 11) is 0. The first kappa shape index (κ1) is 12.7. The average molecular weight is 254 g/mol. The number of likely N-dealkylation sites (tertiary alicyclic amines) is 1. The van der Waals surface area contributed by atoms with Gasteiger partial charge in [0.15, 0.2) is 0 Å². The van der Waals surface area contributed by atoms with E-state index < -0.39 is 0 Å². The van der Waals surface area contributed by atoms with E-state index in [-0.39, 0.29) is 5.75 Å². The van der Waals surface area contributed by atoms with Crippen LogP contribution in [-0.2, 0) is 6.54 Å². The molecule has 0 radical (unpaired) electrons. The van der Waals surface area contributed by atoms with E-state index in [0.717, 1.165) is 31.1 Å². The molecular formula is C14H20ClNO. The van der Waals surface area contributed by atoms with Crippen molar-refractivity contribution in [3.05, 3.63) is 28.8 Å². The van der Waals surface area contributed by atoms with E-state index in [1.165, 1.54) is 19.3 Å². The number of phenolic OH excluding ortho intramolecular Hbond substituents is 1. The van der Waals surface area contributed by atoms with Gasteiger partial charge in [0.2, 0.25) is 0 Å². The number of rotatable bonds is 2. The second-order valence-electron chi connectivity index (χ2n) is 5.06. The van der Waals surface area contributed by atoms with E-state index in [4.69, 9.17) is 11.6 Å². The number of hydrogen-bond acceptors (Lipinski definition) is 2. The molecule has 1 aromatic carbocycles. The number of halogens is 1. The summed E-state index contributed by atoms with van der Waals surface area (Å²) in [6.07, 6.45) is 3.82. The van der Waals surface area contributed by atoms with Crippen LogP contribution in [0.3, 0.4) is 0 Å². The molecule has 1 atom stereocenters. The van der Waals surface area contributed by atoms with Crippen LogP contribution < -0.4 is 0 Å². The van der Waals surface area contributed by atoms with Gasteiger partial charge in [-0.3, -0.25) is 4.90 Å². The van der Waals surface area contributed by atoms with Gasteiger partial charge < -0.3 is 5.11 Å². The smallest absolute Gasteiger partial charge is 0.138 e. The Morgan fingerprint density at radius 2 is 2.18 bits per heavy atom. The Hall–Kier alpha value is -0.730. The largest absolute Gasteiger partial charge is 0.506 e. The molecule has 17 heavy (non-hydrogen) atoms. The lowest BCUT2D eigenvalue weighted by atomic mass is 10.0. The van der Waals surface area contributed by atoms with Crippen molar-refractivity contribution < 1.29 is 5.11 Å². The van der Waals surface area contributed by atoms with Gasteiger partial charge in [-0.1, -0.05) is 30.7 Å². The summed E-state index contributed by atoms with van der Waals surface area (Å²) < 4.78 is 0. The normalized spacial score (nSPS) is 22.4. The monoisotopic (exact) mass is 253 g/mol. The van der Waals surface area contributed by atoms with Gasteiger partial charge in [-0.15, -0.1) is 0 Å². The fourth-order valence-corrected chi connectivity index (χ4v) is 2.60. The van der Waals surface area contributed by atoms with E-state index in [2.05, 4.69) is 11.8 Å². The van der Waals surface area contributed by atoms with Crippen LogP contribution in [0.5, 0.6) is 5.75 Å². The minimum atomic E-state index is 0.242. The Bertz CT molecular complexity index is 380. The van der Waals surface area contributed by atoms with Crippen molar-refractivity contribution in [2.75, 3.05) is 13.1 Å². The molecule has 2 rings (SSSR count). The van der Waals surface area contributed by atoms with Crippen LogP contribution in [0.4, 0.5) is 0 Å². The van der Waals surface area contributed by atoms with Crippen molar-refractivity contribution in [2.24, 2.45) is 5.92 Å². The van der Waals surface area contributed by atoms with Gasteiger partial charge in [0.1, 0.15) is 5.75 Å². The van der Waals surface area contributed by atoms with Crippen molar-refractivity contribution >= 4 is 11.6 Å². The lowest BCUT2D eigenvalue weighted by molar-refractivity contribution is 0.269. The maximum Gasteiger partial charge on any atom is 0.138 e. The molecule has 3 heteroatoms. The van der Waals surface area contributed by atoms with E-state index >= 15 is 0 Å². The summed E-state index contributed by atoms with van der Waals surface area (Å²) in [6.45, 7) is 5.36. The van der Waals surface area contributed by atoms with Crippen molar-refractivity contribution in [1.29, 1.82) is 0 Å². The highest BCUT2D eigenvalue weighted by atomic mass is 35.5. The van der Waals surface area contributed by atoms with E-state index in [0.29, 0.717) is 5.02 Å². The molecule has 1 saturated heterocycles. The van der Waals surface area contributed by atoms with Gasteiger partial charge >= 0.3 is 0 Å². The van der Waals surface area contributed by atoms with Gasteiger partial charge in [-0.05, 0) is 44.3 Å². The van der Waals surface area contributed by atoms with Crippen LogP contribution in [0.15, 0.2) is 18.2 Å². The van der Waals surface area contributed by atoms with Gasteiger partial charge in [0.05, 0.1) is 5.02 Å². The summed E-state index contributed by atoms with van der Waals surface area (Å²) in [4.78, 5) is 2.41. The lowest BCUT2D eigenvalue weighted by Crippen LogP contribution is -2.24. The predicted octanol–water partition coefficient (Wildman–Crippen LogP) is 3.67. The molecule has 1 heterocycles. The zero-order chi connectivity index (χ0) is 12.3. The molecule has 0 spiro atoms. The molecule has 1 N–H and O–H groups in total. The van der Waals surface area contributed by atoms with E-state index in [1.54, 1.807) is 6.07 Å². The number of benzene rings is 1. The number of aromatic hydroxyl groups is 1. The van der Waals surface area contributed by atoms with Gasteiger partial charge in [0.25, 0.3) is 0 Å². The molecular weight excluding hydrogens is 234 g/mol. The molecule has 94 valence electrons. The lowest BCUT2D eigenvalue weighted by Gasteiger charge is -2.20. The number of para-hydroxylation sites is 1. The number of hydrogen-bond donors (Lipinski definition) is 1. The molecule has 0 bridgehead atoms. The minimum Gasteiger partial charge on any atom is -0.506 e. The summed E-state index contributed by atoms with van der Waals surface area (Å²) in [5.41, 5.74) is 0.937. The molecule has 1 aliphatic rings. The van der Waals surface area contributed by atoms with Gasteiger partial charge in [-0.25, -0.2) is 0 Å². The summed E-state index contributed by atoms with van der Waals surface area (Å²) in [5, 5.41) is 10.3. The van der Waals surface area contributed by atoms with Crippen LogP contribution in [0.25, 0.3) is 0 Å². The second kappa shape index (κ2) is 5.74. The van der Waals surface area contributed by atoms with Gasteiger partial charge in [0, 0.05) is 12.1 Å². The fourth-order valence-electron chi connectivity index (χ4n) is 2.41. The molecule has 0 aromatic heterocycles. The van der Waals surface area contributed by atoms with Gasteiger partial charge in [-0.2, -0.15) is 0 Å². The van der Waals surface area contributed by atoms with Crippen molar-refractivity contribution in [2.45, 2.75) is 32.7 Å². The third kappa shape index (κ3) is 3.36. The Morgan fingerprint density at radius 3 is 3.00 bits per heavy atom. The Balaban J connectivity index is 2.02. The quantitative estimate of drug-likeness (QED) is 0.869. The molecule has 0 saturated carbocycles.